The number of nitrogens with zero attached hydrogens (tertiary/aromatic N) is 2. The molecule has 0 saturated heterocycles. The highest BCUT2D eigenvalue weighted by Gasteiger charge is 2.44. The number of likely N-dealkylation sites (N-methyl/N-ethyl adjacent to an activating group) is 1. The summed E-state index contributed by atoms with van der Waals surface area (Å²) in [5, 5.41) is 3.14. The molecule has 6 nitrogen and oxygen atoms in total. The monoisotopic (exact) mass is 497 g/mol. The SMILES string of the molecule is CNCCOc1cccc2c1C1CN3C(=O)c4ccccc4C3=C=C(C)C3CCCCC3C(=O)N1CC2. The zero-order chi connectivity index (χ0) is 25.5. The molecule has 3 atom stereocenters. The summed E-state index contributed by atoms with van der Waals surface area (Å²) in [6, 6.07) is 13.8. The molecule has 0 spiro atoms. The quantitative estimate of drug-likeness (QED) is 0.497. The van der Waals surface area contributed by atoms with Crippen LogP contribution in [0.1, 0.15) is 65.7 Å². The first-order valence-corrected chi connectivity index (χ1v) is 13.7. The number of ether oxygens (including phenoxy) is 1. The molecular formula is C31H35N3O3. The van der Waals surface area contributed by atoms with Crippen LogP contribution in [0, 0.1) is 11.8 Å². The first kappa shape index (κ1) is 24.0. The summed E-state index contributed by atoms with van der Waals surface area (Å²) in [6.07, 6.45) is 4.90. The number of hydrogen-bond acceptors (Lipinski definition) is 4. The summed E-state index contributed by atoms with van der Waals surface area (Å²) in [7, 11) is 1.91. The third-order valence-electron chi connectivity index (χ3n) is 8.62. The molecule has 192 valence electrons. The molecule has 3 heterocycles. The minimum atomic E-state index is -0.266. The second-order valence-electron chi connectivity index (χ2n) is 10.7. The molecule has 1 fully saturated rings. The number of hydrogen-bond donors (Lipinski definition) is 1. The van der Waals surface area contributed by atoms with Gasteiger partial charge in [0.15, 0.2) is 0 Å². The highest BCUT2D eigenvalue weighted by molar-refractivity contribution is 6.09. The zero-order valence-corrected chi connectivity index (χ0v) is 21.8. The van der Waals surface area contributed by atoms with Crippen molar-refractivity contribution in [2.45, 2.75) is 45.1 Å². The van der Waals surface area contributed by atoms with E-state index in [2.05, 4.69) is 28.9 Å². The Labute approximate surface area is 219 Å². The van der Waals surface area contributed by atoms with E-state index in [9.17, 15) is 9.59 Å². The van der Waals surface area contributed by atoms with E-state index in [0.29, 0.717) is 25.3 Å². The van der Waals surface area contributed by atoms with Gasteiger partial charge in [-0.25, -0.2) is 0 Å². The number of amides is 2. The molecule has 1 saturated carbocycles. The second kappa shape index (κ2) is 9.85. The maximum Gasteiger partial charge on any atom is 0.259 e. The molecule has 0 bridgehead atoms. The van der Waals surface area contributed by atoms with Gasteiger partial charge in [-0.2, -0.15) is 0 Å². The Hall–Kier alpha value is -3.34. The molecule has 1 N–H and O–H groups in total. The molecule has 0 aromatic heterocycles. The molecule has 2 aromatic rings. The second-order valence-corrected chi connectivity index (χ2v) is 10.7. The van der Waals surface area contributed by atoms with Crippen LogP contribution in [0.5, 0.6) is 5.75 Å². The van der Waals surface area contributed by atoms with Gasteiger partial charge in [-0.1, -0.05) is 48.9 Å². The van der Waals surface area contributed by atoms with Crippen LogP contribution in [0.15, 0.2) is 53.8 Å². The van der Waals surface area contributed by atoms with E-state index in [1.807, 2.05) is 48.3 Å². The zero-order valence-electron chi connectivity index (χ0n) is 21.8. The van der Waals surface area contributed by atoms with Crippen molar-refractivity contribution in [3.05, 3.63) is 76.0 Å². The van der Waals surface area contributed by atoms with Gasteiger partial charge in [0.2, 0.25) is 5.91 Å². The van der Waals surface area contributed by atoms with Gasteiger partial charge in [0.25, 0.3) is 5.91 Å². The lowest BCUT2D eigenvalue weighted by Gasteiger charge is -2.44. The van der Waals surface area contributed by atoms with Crippen LogP contribution in [-0.4, -0.2) is 54.9 Å². The van der Waals surface area contributed by atoms with Crippen molar-refractivity contribution in [3.63, 3.8) is 0 Å². The lowest BCUT2D eigenvalue weighted by molar-refractivity contribution is -0.141. The van der Waals surface area contributed by atoms with Crippen molar-refractivity contribution in [1.29, 1.82) is 0 Å². The minimum Gasteiger partial charge on any atom is -0.492 e. The van der Waals surface area contributed by atoms with E-state index in [-0.39, 0.29) is 29.7 Å². The van der Waals surface area contributed by atoms with Gasteiger partial charge in [0, 0.05) is 35.7 Å². The predicted molar refractivity (Wildman–Crippen MR) is 143 cm³/mol. The van der Waals surface area contributed by atoms with E-state index in [1.165, 1.54) is 5.56 Å². The third-order valence-corrected chi connectivity index (χ3v) is 8.62. The van der Waals surface area contributed by atoms with Crippen molar-refractivity contribution in [1.82, 2.24) is 15.1 Å². The molecule has 4 aliphatic rings. The highest BCUT2D eigenvalue weighted by Crippen LogP contribution is 2.45. The fraction of sp³-hybridized carbons (Fsp3) is 0.452. The molecule has 0 radical (unpaired) electrons. The van der Waals surface area contributed by atoms with Crippen molar-refractivity contribution in [2.24, 2.45) is 11.8 Å². The molecule has 6 rings (SSSR count). The number of fused-ring (bicyclic) bond motifs is 7. The van der Waals surface area contributed by atoms with Crippen LogP contribution < -0.4 is 10.1 Å². The van der Waals surface area contributed by atoms with E-state index in [1.54, 1.807) is 0 Å². The van der Waals surface area contributed by atoms with Gasteiger partial charge in [0.05, 0.1) is 18.3 Å². The van der Waals surface area contributed by atoms with Gasteiger partial charge < -0.3 is 15.0 Å². The van der Waals surface area contributed by atoms with Gasteiger partial charge in [-0.3, -0.25) is 14.5 Å². The largest absolute Gasteiger partial charge is 0.492 e. The lowest BCUT2D eigenvalue weighted by atomic mass is 9.74. The summed E-state index contributed by atoms with van der Waals surface area (Å²) in [6.45, 7) is 4.43. The van der Waals surface area contributed by atoms with Crippen LogP contribution in [0.4, 0.5) is 0 Å². The van der Waals surface area contributed by atoms with Crippen LogP contribution in [-0.2, 0) is 11.2 Å². The van der Waals surface area contributed by atoms with Gasteiger partial charge in [-0.05, 0) is 62.4 Å². The van der Waals surface area contributed by atoms with Gasteiger partial charge in [0.1, 0.15) is 12.4 Å². The first-order chi connectivity index (χ1) is 18.1. The van der Waals surface area contributed by atoms with Crippen molar-refractivity contribution in [3.8, 4) is 5.75 Å². The molecule has 6 heteroatoms. The fourth-order valence-electron chi connectivity index (χ4n) is 6.77. The predicted octanol–water partition coefficient (Wildman–Crippen LogP) is 4.57. The van der Waals surface area contributed by atoms with Crippen LogP contribution in [0.3, 0.4) is 0 Å². The first-order valence-electron chi connectivity index (χ1n) is 13.7. The van der Waals surface area contributed by atoms with Crippen LogP contribution >= 0.6 is 0 Å². The normalized spacial score (nSPS) is 24.8. The molecule has 2 aromatic carbocycles. The number of allylic oxidation sites excluding steroid dienone is 1. The highest BCUT2D eigenvalue weighted by atomic mass is 16.5. The molecule has 2 amide bonds. The minimum absolute atomic E-state index is 0.0141. The number of carbonyl (C=O) groups excluding carboxylic acids is 2. The Morgan fingerprint density at radius 2 is 1.81 bits per heavy atom. The third kappa shape index (κ3) is 4.09. The average molecular weight is 498 g/mol. The number of rotatable bonds is 4. The summed E-state index contributed by atoms with van der Waals surface area (Å²) in [5.74, 6) is 1.13. The maximum atomic E-state index is 14.3. The number of carbonyl (C=O) groups is 2. The maximum absolute atomic E-state index is 14.3. The van der Waals surface area contributed by atoms with Crippen molar-refractivity contribution in [2.75, 3.05) is 33.3 Å². The summed E-state index contributed by atoms with van der Waals surface area (Å²) in [4.78, 5) is 32.0. The summed E-state index contributed by atoms with van der Waals surface area (Å²) < 4.78 is 6.25. The van der Waals surface area contributed by atoms with Crippen LogP contribution in [0.2, 0.25) is 0 Å². The molecule has 3 unspecified atom stereocenters. The van der Waals surface area contributed by atoms with Crippen molar-refractivity contribution >= 4 is 17.5 Å². The standard InChI is InChI=1S/C31H35N3O3/c1-20-18-26-23-10-4-6-12-25(23)31(36)34(26)19-27-29-21(8-7-13-28(29)37-17-15-32-2)14-16-33(27)30(35)24-11-5-3-9-22(20)24/h4,6-8,10,12-13,22,24,27,32H,3,5,9,11,14-17,19H2,1-2H3. The molecule has 3 aliphatic heterocycles. The summed E-state index contributed by atoms with van der Waals surface area (Å²) in [5.41, 5.74) is 9.50. The van der Waals surface area contributed by atoms with E-state index < -0.39 is 0 Å². The lowest BCUT2D eigenvalue weighted by Crippen LogP contribution is -2.49. The van der Waals surface area contributed by atoms with Gasteiger partial charge in [-0.15, -0.1) is 0 Å². The summed E-state index contributed by atoms with van der Waals surface area (Å²) >= 11 is 0. The Morgan fingerprint density at radius 3 is 2.62 bits per heavy atom. The van der Waals surface area contributed by atoms with E-state index in [4.69, 9.17) is 4.74 Å². The van der Waals surface area contributed by atoms with E-state index in [0.717, 1.165) is 66.8 Å². The van der Waals surface area contributed by atoms with E-state index >= 15 is 0 Å². The molecule has 37 heavy (non-hydrogen) atoms. The van der Waals surface area contributed by atoms with Crippen LogP contribution in [0.25, 0.3) is 5.70 Å². The smallest absolute Gasteiger partial charge is 0.259 e. The average Bonchev–Trinajstić information content (AvgIpc) is 3.18. The molecular weight excluding hydrogens is 462 g/mol. The Balaban J connectivity index is 1.53. The topological polar surface area (TPSA) is 61.9 Å². The number of benzene rings is 2. The molecule has 1 aliphatic carbocycles. The Kier molecular flexibility index (Phi) is 6.39. The van der Waals surface area contributed by atoms with Gasteiger partial charge >= 0.3 is 0 Å². The van der Waals surface area contributed by atoms with Crippen molar-refractivity contribution < 1.29 is 14.3 Å². The fourth-order valence-corrected chi connectivity index (χ4v) is 6.77. The number of nitrogens with one attached hydrogen (secondary N) is 1. The Morgan fingerprint density at radius 1 is 1.03 bits per heavy atom. The Bertz CT molecular complexity index is 1310.